The number of hydrogen-bond donors (Lipinski definition) is 0. The van der Waals surface area contributed by atoms with E-state index < -0.39 is 17.2 Å². The minimum Gasteiger partial charge on any atom is -0.350 e. The zero-order valence-electron chi connectivity index (χ0n) is 13.6. The molecule has 0 spiro atoms. The predicted octanol–water partition coefficient (Wildman–Crippen LogP) is 2.27. The second-order valence-electron chi connectivity index (χ2n) is 7.62. The van der Waals surface area contributed by atoms with Crippen LogP contribution in [0.5, 0.6) is 0 Å². The Labute approximate surface area is 126 Å². The molecule has 2 heterocycles. The number of Topliss-reactive ketones (excluding diaryl/α,β-unsaturated/α-hetero) is 1. The molecule has 120 valence electrons. The third-order valence-corrected chi connectivity index (χ3v) is 4.97. The molecule has 0 N–H and O–H groups in total. The predicted molar refractivity (Wildman–Crippen MR) is 75.6 cm³/mol. The van der Waals surface area contributed by atoms with Gasteiger partial charge >= 0.3 is 0 Å². The Balaban J connectivity index is 1.70. The maximum absolute atomic E-state index is 12.6. The van der Waals surface area contributed by atoms with Crippen LogP contribution in [-0.2, 0) is 23.7 Å². The number of fused-ring (bicyclic) bond motifs is 1. The lowest BCUT2D eigenvalue weighted by atomic mass is 9.72. The van der Waals surface area contributed by atoms with Gasteiger partial charge in [-0.05, 0) is 47.0 Å². The lowest BCUT2D eigenvalue weighted by Crippen LogP contribution is -2.53. The number of carbonyl (C=O) groups excluding carboxylic acids is 1. The first kappa shape index (κ1) is 15.4. The molecule has 0 aromatic carbocycles. The van der Waals surface area contributed by atoms with Crippen molar-refractivity contribution >= 4 is 5.78 Å². The van der Waals surface area contributed by atoms with Gasteiger partial charge in [-0.1, -0.05) is 0 Å². The minimum absolute atomic E-state index is 0.138. The molecule has 2 aliphatic heterocycles. The Kier molecular flexibility index (Phi) is 3.49. The molecule has 2 saturated heterocycles. The van der Waals surface area contributed by atoms with E-state index in [1.54, 1.807) is 0 Å². The van der Waals surface area contributed by atoms with Crippen molar-refractivity contribution in [1.82, 2.24) is 0 Å². The summed E-state index contributed by atoms with van der Waals surface area (Å²) in [5.41, 5.74) is -0.796. The molecule has 3 aliphatic rings. The van der Waals surface area contributed by atoms with Crippen molar-refractivity contribution in [3.8, 4) is 0 Å². The van der Waals surface area contributed by atoms with Crippen LogP contribution in [0.25, 0.3) is 0 Å². The molecule has 0 amide bonds. The number of ether oxygens (including phenoxy) is 4. The Bertz CT molecular complexity index is 434. The Morgan fingerprint density at radius 3 is 2.19 bits per heavy atom. The highest BCUT2D eigenvalue weighted by Crippen LogP contribution is 2.46. The molecule has 1 saturated carbocycles. The summed E-state index contributed by atoms with van der Waals surface area (Å²) < 4.78 is 23.3. The number of carbonyl (C=O) groups is 1. The van der Waals surface area contributed by atoms with Gasteiger partial charge in [-0.2, -0.15) is 0 Å². The number of hydrogen-bond acceptors (Lipinski definition) is 5. The molecular formula is C16H26O5. The van der Waals surface area contributed by atoms with E-state index in [9.17, 15) is 4.79 Å². The molecule has 3 fully saturated rings. The third kappa shape index (κ3) is 2.77. The molecular weight excluding hydrogens is 272 g/mol. The van der Waals surface area contributed by atoms with Crippen LogP contribution >= 0.6 is 0 Å². The number of rotatable bonds is 1. The molecule has 1 aliphatic carbocycles. The highest BCUT2D eigenvalue weighted by atomic mass is 16.8. The summed E-state index contributed by atoms with van der Waals surface area (Å²) in [6.45, 7) is 10.7. The second-order valence-corrected chi connectivity index (χ2v) is 7.62. The molecule has 0 aromatic rings. The fourth-order valence-electron chi connectivity index (χ4n) is 3.70. The van der Waals surface area contributed by atoms with E-state index in [0.29, 0.717) is 19.6 Å². The maximum atomic E-state index is 12.6. The fraction of sp³-hybridized carbons (Fsp3) is 0.938. The van der Waals surface area contributed by atoms with Gasteiger partial charge in [0.1, 0.15) is 0 Å². The van der Waals surface area contributed by atoms with E-state index in [4.69, 9.17) is 18.9 Å². The zero-order valence-corrected chi connectivity index (χ0v) is 13.6. The van der Waals surface area contributed by atoms with E-state index in [2.05, 4.69) is 0 Å². The average Bonchev–Trinajstić information content (AvgIpc) is 2.59. The Morgan fingerprint density at radius 1 is 0.952 bits per heavy atom. The van der Waals surface area contributed by atoms with Crippen molar-refractivity contribution in [2.24, 2.45) is 11.8 Å². The lowest BCUT2D eigenvalue weighted by Gasteiger charge is -2.42. The van der Waals surface area contributed by atoms with Crippen molar-refractivity contribution in [3.05, 3.63) is 0 Å². The van der Waals surface area contributed by atoms with Gasteiger partial charge in [-0.3, -0.25) is 4.79 Å². The number of ketones is 1. The topological polar surface area (TPSA) is 54.0 Å². The van der Waals surface area contributed by atoms with Gasteiger partial charge < -0.3 is 18.9 Å². The van der Waals surface area contributed by atoms with Crippen molar-refractivity contribution < 1.29 is 23.7 Å². The van der Waals surface area contributed by atoms with E-state index in [0.717, 1.165) is 6.42 Å². The smallest absolute Gasteiger partial charge is 0.167 e. The minimum atomic E-state index is -0.796. The van der Waals surface area contributed by atoms with Crippen LogP contribution in [0, 0.1) is 11.8 Å². The van der Waals surface area contributed by atoms with Gasteiger partial charge in [-0.25, -0.2) is 0 Å². The van der Waals surface area contributed by atoms with Crippen molar-refractivity contribution in [3.63, 3.8) is 0 Å². The first-order valence-electron chi connectivity index (χ1n) is 7.80. The summed E-state index contributed by atoms with van der Waals surface area (Å²) in [6.07, 6.45) is 1.17. The first-order chi connectivity index (χ1) is 9.61. The highest BCUT2D eigenvalue weighted by molar-refractivity contribution is 5.89. The van der Waals surface area contributed by atoms with E-state index >= 15 is 0 Å². The molecule has 0 radical (unpaired) electrons. The maximum Gasteiger partial charge on any atom is 0.167 e. The largest absolute Gasteiger partial charge is 0.350 e. The fourth-order valence-corrected chi connectivity index (χ4v) is 3.70. The van der Waals surface area contributed by atoms with Crippen LogP contribution in [0.15, 0.2) is 0 Å². The third-order valence-electron chi connectivity index (χ3n) is 4.97. The standard InChI is InChI=1S/C16H26O5/c1-14(2)18-8-11(9-19-14)10-6-12(17)16(5)13(7-10)20-15(3,4)21-16/h10-11,13H,6-9H2,1-5H3/t10-,13-,16+/m1/s1. The summed E-state index contributed by atoms with van der Waals surface area (Å²) in [5.74, 6) is -0.577. The molecule has 3 atom stereocenters. The molecule has 21 heavy (non-hydrogen) atoms. The first-order valence-corrected chi connectivity index (χ1v) is 7.80. The van der Waals surface area contributed by atoms with E-state index in [1.807, 2.05) is 34.6 Å². The molecule has 3 rings (SSSR count). The van der Waals surface area contributed by atoms with Crippen molar-refractivity contribution in [2.75, 3.05) is 13.2 Å². The van der Waals surface area contributed by atoms with Crippen LogP contribution in [-0.4, -0.2) is 42.3 Å². The average molecular weight is 298 g/mol. The van der Waals surface area contributed by atoms with Gasteiger partial charge in [-0.15, -0.1) is 0 Å². The quantitative estimate of drug-likeness (QED) is 0.743. The summed E-state index contributed by atoms with van der Waals surface area (Å²) in [6, 6.07) is 0. The SMILES string of the molecule is CC1(C)OCC([C@@H]2CC(=O)[C@]3(C)OC(C)(C)O[C@@H]3C2)CO1. The zero-order chi connectivity index (χ0) is 15.5. The van der Waals surface area contributed by atoms with Gasteiger partial charge in [0.05, 0.1) is 19.3 Å². The van der Waals surface area contributed by atoms with Gasteiger partial charge in [0.2, 0.25) is 0 Å². The molecule has 5 nitrogen and oxygen atoms in total. The van der Waals surface area contributed by atoms with Crippen LogP contribution in [0.1, 0.15) is 47.5 Å². The van der Waals surface area contributed by atoms with Crippen LogP contribution in [0.3, 0.4) is 0 Å². The molecule has 0 aromatic heterocycles. The van der Waals surface area contributed by atoms with Crippen molar-refractivity contribution in [2.45, 2.75) is 70.7 Å². The lowest BCUT2D eigenvalue weighted by molar-refractivity contribution is -0.269. The van der Waals surface area contributed by atoms with Crippen LogP contribution < -0.4 is 0 Å². The summed E-state index contributed by atoms with van der Waals surface area (Å²) in [5, 5.41) is 0. The summed E-state index contributed by atoms with van der Waals surface area (Å²) in [4.78, 5) is 12.6. The van der Waals surface area contributed by atoms with Gasteiger partial charge in [0, 0.05) is 12.3 Å². The van der Waals surface area contributed by atoms with E-state index in [-0.39, 0.29) is 23.7 Å². The Hall–Kier alpha value is -0.490. The highest BCUT2D eigenvalue weighted by Gasteiger charge is 2.58. The van der Waals surface area contributed by atoms with Crippen molar-refractivity contribution in [1.29, 1.82) is 0 Å². The van der Waals surface area contributed by atoms with Gasteiger partial charge in [0.25, 0.3) is 0 Å². The molecule has 5 heteroatoms. The monoisotopic (exact) mass is 298 g/mol. The second kappa shape index (κ2) is 4.75. The molecule has 0 unspecified atom stereocenters. The van der Waals surface area contributed by atoms with Gasteiger partial charge in [0.15, 0.2) is 23.0 Å². The molecule has 0 bridgehead atoms. The van der Waals surface area contributed by atoms with Crippen LogP contribution in [0.2, 0.25) is 0 Å². The van der Waals surface area contributed by atoms with E-state index in [1.165, 1.54) is 0 Å². The Morgan fingerprint density at radius 2 is 1.57 bits per heavy atom. The normalized spacial score (nSPS) is 42.8. The summed E-state index contributed by atoms with van der Waals surface area (Å²) in [7, 11) is 0. The van der Waals surface area contributed by atoms with Crippen LogP contribution in [0.4, 0.5) is 0 Å². The summed E-state index contributed by atoms with van der Waals surface area (Å²) >= 11 is 0.